The SMILES string of the molecule is CC(C)(C)OC(=O)c1cc(CNC(=O)[C@@H]2CCCN2S(=O)(=O)c2cc3ccccc3o2)cc(-c2ccc(C(F)(F)F)cc2)c1. The predicted octanol–water partition coefficient (Wildman–Crippen LogP) is 6.54. The zero-order valence-electron chi connectivity index (χ0n) is 24.3. The Kier molecular flexibility index (Phi) is 8.34. The lowest BCUT2D eigenvalue weighted by Crippen LogP contribution is -2.45. The summed E-state index contributed by atoms with van der Waals surface area (Å²) in [6.45, 7) is 5.19. The number of alkyl halides is 3. The van der Waals surface area contributed by atoms with E-state index in [2.05, 4.69) is 5.32 Å². The molecule has 1 fully saturated rings. The molecule has 2 heterocycles. The van der Waals surface area contributed by atoms with Crippen LogP contribution in [0.25, 0.3) is 22.1 Å². The van der Waals surface area contributed by atoms with Gasteiger partial charge in [0.1, 0.15) is 17.2 Å². The Morgan fingerprint density at radius 1 is 0.977 bits per heavy atom. The van der Waals surface area contributed by atoms with Crippen molar-refractivity contribution in [3.8, 4) is 11.1 Å². The summed E-state index contributed by atoms with van der Waals surface area (Å²) in [6.07, 6.45) is -3.72. The van der Waals surface area contributed by atoms with E-state index in [0.29, 0.717) is 40.5 Å². The molecule has 3 aromatic carbocycles. The van der Waals surface area contributed by atoms with E-state index in [0.717, 1.165) is 16.4 Å². The zero-order chi connectivity index (χ0) is 31.9. The van der Waals surface area contributed by atoms with Gasteiger partial charge in [0.05, 0.1) is 11.1 Å². The Morgan fingerprint density at radius 3 is 2.34 bits per heavy atom. The molecule has 0 unspecified atom stereocenters. The molecule has 0 bridgehead atoms. The Labute approximate surface area is 252 Å². The lowest BCUT2D eigenvalue weighted by Gasteiger charge is -2.22. The van der Waals surface area contributed by atoms with E-state index in [-0.39, 0.29) is 23.7 Å². The Bertz CT molecular complexity index is 1780. The minimum atomic E-state index is -4.50. The molecule has 8 nitrogen and oxygen atoms in total. The van der Waals surface area contributed by atoms with Gasteiger partial charge in [-0.25, -0.2) is 13.2 Å². The van der Waals surface area contributed by atoms with E-state index in [1.165, 1.54) is 30.3 Å². The summed E-state index contributed by atoms with van der Waals surface area (Å²) in [5.74, 6) is -1.17. The topological polar surface area (TPSA) is 106 Å². The zero-order valence-corrected chi connectivity index (χ0v) is 25.1. The lowest BCUT2D eigenvalue weighted by molar-refractivity contribution is -0.137. The van der Waals surface area contributed by atoms with Crippen molar-refractivity contribution in [1.29, 1.82) is 0 Å². The highest BCUT2D eigenvalue weighted by atomic mass is 32.2. The first-order valence-electron chi connectivity index (χ1n) is 13.9. The molecule has 12 heteroatoms. The molecule has 1 aliphatic heterocycles. The number of nitrogens with one attached hydrogen (secondary N) is 1. The molecule has 5 rings (SSSR count). The molecule has 0 spiro atoms. The number of furan rings is 1. The number of amides is 1. The summed E-state index contributed by atoms with van der Waals surface area (Å²) in [7, 11) is -4.11. The van der Waals surface area contributed by atoms with E-state index in [1.807, 2.05) is 0 Å². The molecular formula is C32H31F3N2O6S. The third kappa shape index (κ3) is 6.81. The van der Waals surface area contributed by atoms with Crippen molar-refractivity contribution in [2.75, 3.05) is 6.54 Å². The van der Waals surface area contributed by atoms with Crippen molar-refractivity contribution in [2.45, 2.75) is 63.1 Å². The van der Waals surface area contributed by atoms with E-state index in [4.69, 9.17) is 9.15 Å². The number of carbonyl (C=O) groups is 2. The van der Waals surface area contributed by atoms with Crippen LogP contribution >= 0.6 is 0 Å². The number of nitrogens with zero attached hydrogens (tertiary/aromatic N) is 1. The van der Waals surface area contributed by atoms with Gasteiger partial charge in [-0.05, 0) is 86.7 Å². The maximum Gasteiger partial charge on any atom is 0.416 e. The van der Waals surface area contributed by atoms with Gasteiger partial charge in [0.2, 0.25) is 11.0 Å². The number of para-hydroxylation sites is 1. The quantitative estimate of drug-likeness (QED) is 0.233. The van der Waals surface area contributed by atoms with Gasteiger partial charge in [0, 0.05) is 24.5 Å². The standard InChI is InChI=1S/C32H31F3N2O6S/c1-31(2,3)43-30(39)24-16-20(15-23(17-24)21-10-12-25(13-11-21)32(33,34)35)19-36-29(38)26-8-6-14-37(26)44(40,41)28-18-22-7-4-5-9-27(22)42-28/h4-5,7,9-13,15-18,26H,6,8,14,19H2,1-3H3,(H,36,38)/t26-/m0/s1. The molecule has 1 aliphatic rings. The molecule has 0 radical (unpaired) electrons. The van der Waals surface area contributed by atoms with Gasteiger partial charge in [-0.2, -0.15) is 17.5 Å². The molecule has 232 valence electrons. The van der Waals surface area contributed by atoms with Crippen molar-refractivity contribution in [1.82, 2.24) is 9.62 Å². The fourth-order valence-electron chi connectivity index (χ4n) is 5.06. The van der Waals surface area contributed by atoms with E-state index in [1.54, 1.807) is 51.1 Å². The monoisotopic (exact) mass is 628 g/mol. The van der Waals surface area contributed by atoms with Gasteiger partial charge in [0.15, 0.2) is 0 Å². The third-order valence-corrected chi connectivity index (χ3v) is 8.88. The number of benzene rings is 3. The maximum absolute atomic E-state index is 13.4. The van der Waals surface area contributed by atoms with Crippen LogP contribution < -0.4 is 5.32 Å². The highest BCUT2D eigenvalue weighted by molar-refractivity contribution is 7.89. The fraction of sp³-hybridized carbons (Fsp3) is 0.312. The summed E-state index contributed by atoms with van der Waals surface area (Å²) in [6, 6.07) is 16.5. The van der Waals surface area contributed by atoms with Gasteiger partial charge >= 0.3 is 12.1 Å². The third-order valence-electron chi connectivity index (χ3n) is 7.11. The average molecular weight is 629 g/mol. The number of ether oxygens (including phenoxy) is 1. The van der Waals surface area contributed by atoms with Gasteiger partial charge < -0.3 is 14.5 Å². The van der Waals surface area contributed by atoms with Crippen LogP contribution in [0.2, 0.25) is 0 Å². The second kappa shape index (κ2) is 11.7. The summed E-state index contributed by atoms with van der Waals surface area (Å²) in [5.41, 5.74) is 0.303. The molecule has 0 saturated carbocycles. The smallest absolute Gasteiger partial charge is 0.416 e. The molecule has 1 amide bonds. The van der Waals surface area contributed by atoms with Gasteiger partial charge in [-0.1, -0.05) is 30.3 Å². The fourth-order valence-corrected chi connectivity index (χ4v) is 6.67. The summed E-state index contributed by atoms with van der Waals surface area (Å²) >= 11 is 0. The molecule has 44 heavy (non-hydrogen) atoms. The Hall–Kier alpha value is -4.16. The predicted molar refractivity (Wildman–Crippen MR) is 157 cm³/mol. The molecule has 0 aliphatic carbocycles. The van der Waals surface area contributed by atoms with Crippen LogP contribution in [0.1, 0.15) is 55.1 Å². The number of rotatable bonds is 7. The van der Waals surface area contributed by atoms with Crippen molar-refractivity contribution < 1.29 is 40.3 Å². The summed E-state index contributed by atoms with van der Waals surface area (Å²) < 4.78 is 78.5. The highest BCUT2D eigenvalue weighted by Gasteiger charge is 2.41. The average Bonchev–Trinajstić information content (AvgIpc) is 3.63. The molecule has 1 aromatic heterocycles. The van der Waals surface area contributed by atoms with Crippen LogP contribution in [0.3, 0.4) is 0 Å². The molecule has 1 saturated heterocycles. The lowest BCUT2D eigenvalue weighted by atomic mass is 9.98. The second-order valence-corrected chi connectivity index (χ2v) is 13.4. The molecular weight excluding hydrogens is 597 g/mol. The first kappa shape index (κ1) is 31.3. The van der Waals surface area contributed by atoms with E-state index >= 15 is 0 Å². The van der Waals surface area contributed by atoms with Gasteiger partial charge in [-0.3, -0.25) is 4.79 Å². The second-order valence-electron chi connectivity index (χ2n) is 11.6. The van der Waals surface area contributed by atoms with Crippen molar-refractivity contribution >= 4 is 32.9 Å². The number of fused-ring (bicyclic) bond motifs is 1. The van der Waals surface area contributed by atoms with Gasteiger partial charge in [0.25, 0.3) is 10.0 Å². The van der Waals surface area contributed by atoms with Crippen LogP contribution in [0.4, 0.5) is 13.2 Å². The largest absolute Gasteiger partial charge is 0.456 e. The van der Waals surface area contributed by atoms with Crippen LogP contribution in [0.5, 0.6) is 0 Å². The Morgan fingerprint density at radius 2 is 1.68 bits per heavy atom. The molecule has 1 atom stereocenters. The van der Waals surface area contributed by atoms with Crippen LogP contribution in [0, 0.1) is 0 Å². The maximum atomic E-state index is 13.4. The molecule has 4 aromatic rings. The highest BCUT2D eigenvalue weighted by Crippen LogP contribution is 2.33. The molecule has 1 N–H and O–H groups in total. The van der Waals surface area contributed by atoms with Gasteiger partial charge in [-0.15, -0.1) is 0 Å². The van der Waals surface area contributed by atoms with E-state index in [9.17, 15) is 31.2 Å². The normalized spacial score (nSPS) is 16.3. The number of hydrogen-bond acceptors (Lipinski definition) is 6. The first-order valence-corrected chi connectivity index (χ1v) is 15.4. The minimum Gasteiger partial charge on any atom is -0.456 e. The number of halogens is 3. The van der Waals surface area contributed by atoms with Crippen molar-refractivity contribution in [2.24, 2.45) is 0 Å². The minimum absolute atomic E-state index is 0.0713. The van der Waals surface area contributed by atoms with Crippen LogP contribution in [-0.4, -0.2) is 42.8 Å². The van der Waals surface area contributed by atoms with E-state index < -0.39 is 45.3 Å². The van der Waals surface area contributed by atoms with Crippen LogP contribution in [-0.2, 0) is 32.3 Å². The Balaban J connectivity index is 1.38. The number of esters is 1. The summed E-state index contributed by atoms with van der Waals surface area (Å²) in [5, 5.41) is 3.15. The summed E-state index contributed by atoms with van der Waals surface area (Å²) in [4.78, 5) is 26.3. The number of carbonyl (C=O) groups excluding carboxylic acids is 2. The number of hydrogen-bond donors (Lipinski definition) is 1. The first-order chi connectivity index (χ1) is 20.6. The van der Waals surface area contributed by atoms with Crippen molar-refractivity contribution in [3.05, 3.63) is 89.5 Å². The van der Waals surface area contributed by atoms with Crippen LogP contribution in [0.15, 0.2) is 82.3 Å². The van der Waals surface area contributed by atoms with Crippen molar-refractivity contribution in [3.63, 3.8) is 0 Å². The number of sulfonamides is 1.